The van der Waals surface area contributed by atoms with Crippen molar-refractivity contribution in [1.82, 2.24) is 14.9 Å². The molecular weight excluding hydrogens is 584 g/mol. The van der Waals surface area contributed by atoms with E-state index in [-0.39, 0.29) is 35.2 Å². The highest BCUT2D eigenvalue weighted by atomic mass is 32.2. The molecule has 1 heterocycles. The van der Waals surface area contributed by atoms with Gasteiger partial charge < -0.3 is 10.6 Å². The van der Waals surface area contributed by atoms with Crippen molar-refractivity contribution in [2.24, 2.45) is 22.7 Å². The van der Waals surface area contributed by atoms with Gasteiger partial charge in [-0.25, -0.2) is 12.8 Å². The molecule has 3 atom stereocenters. The number of benzene rings is 2. The molecule has 1 aliphatic heterocycles. The zero-order valence-corrected chi connectivity index (χ0v) is 24.9. The molecule has 2 N–H and O–H groups in total. The van der Waals surface area contributed by atoms with E-state index < -0.39 is 38.7 Å². The quantitative estimate of drug-likeness (QED) is 0.374. The molecule has 7 nitrogen and oxygen atoms in total. The first-order chi connectivity index (χ1) is 20.2. The molecule has 2 aromatic carbocycles. The number of amidine groups is 1. The van der Waals surface area contributed by atoms with E-state index in [4.69, 9.17) is 4.99 Å². The van der Waals surface area contributed by atoms with E-state index in [1.807, 2.05) is 13.8 Å². The summed E-state index contributed by atoms with van der Waals surface area (Å²) < 4.78 is 82.7. The first kappa shape index (κ1) is 30.1. The Morgan fingerprint density at radius 2 is 1.72 bits per heavy atom. The molecule has 1 unspecified atom stereocenters. The van der Waals surface area contributed by atoms with Gasteiger partial charge in [0.15, 0.2) is 0 Å². The van der Waals surface area contributed by atoms with Gasteiger partial charge in [-0.2, -0.15) is 17.5 Å². The average Bonchev–Trinajstić information content (AvgIpc) is 3.56. The van der Waals surface area contributed by atoms with Crippen LogP contribution in [-0.2, 0) is 27.5 Å². The molecule has 5 aliphatic rings. The highest BCUT2D eigenvalue weighted by Gasteiger charge is 2.64. The number of sulfonamides is 1. The van der Waals surface area contributed by atoms with Gasteiger partial charge in [0, 0.05) is 24.5 Å². The number of aliphatic imine (C=N–C) groups is 1. The Morgan fingerprint density at radius 3 is 2.30 bits per heavy atom. The highest BCUT2D eigenvalue weighted by Crippen LogP contribution is 2.60. The number of hydrogen-bond donors (Lipinski definition) is 2. The lowest BCUT2D eigenvalue weighted by molar-refractivity contribution is -0.137. The Hall–Kier alpha value is -2.99. The van der Waals surface area contributed by atoms with Crippen LogP contribution in [0.4, 0.5) is 17.6 Å². The lowest BCUT2D eigenvalue weighted by atomic mass is 9.76. The summed E-state index contributed by atoms with van der Waals surface area (Å²) in [6, 6.07) is 8.76. The van der Waals surface area contributed by atoms with E-state index in [0.29, 0.717) is 43.1 Å². The van der Waals surface area contributed by atoms with Crippen molar-refractivity contribution in [3.63, 3.8) is 0 Å². The number of amides is 1. The number of rotatable bonds is 9. The van der Waals surface area contributed by atoms with Crippen LogP contribution in [0.1, 0.15) is 63.5 Å². The molecule has 1 amide bonds. The summed E-state index contributed by atoms with van der Waals surface area (Å²) in [5.41, 5.74) is -2.10. The molecule has 232 valence electrons. The van der Waals surface area contributed by atoms with Crippen LogP contribution in [-0.4, -0.2) is 48.1 Å². The van der Waals surface area contributed by atoms with E-state index in [2.05, 4.69) is 10.6 Å². The predicted octanol–water partition coefficient (Wildman–Crippen LogP) is 5.27. The van der Waals surface area contributed by atoms with Crippen LogP contribution >= 0.6 is 0 Å². The van der Waals surface area contributed by atoms with Gasteiger partial charge in [-0.05, 0) is 99.7 Å². The van der Waals surface area contributed by atoms with Crippen molar-refractivity contribution in [3.8, 4) is 0 Å². The maximum Gasteiger partial charge on any atom is 0.416 e. The summed E-state index contributed by atoms with van der Waals surface area (Å²) in [7, 11) is -4.15. The second-order valence-electron chi connectivity index (χ2n) is 12.9. The van der Waals surface area contributed by atoms with Gasteiger partial charge in [-0.1, -0.05) is 18.6 Å². The van der Waals surface area contributed by atoms with Crippen LogP contribution in [0.15, 0.2) is 58.4 Å². The van der Waals surface area contributed by atoms with Crippen molar-refractivity contribution in [2.45, 2.75) is 87.1 Å². The zero-order valence-electron chi connectivity index (χ0n) is 24.1. The number of carbonyl (C=O) groups is 1. The summed E-state index contributed by atoms with van der Waals surface area (Å²) in [6.07, 6.45) is 0.492. The third kappa shape index (κ3) is 5.34. The molecule has 0 aromatic heterocycles. The fourth-order valence-electron chi connectivity index (χ4n) is 7.07. The lowest BCUT2D eigenvalue weighted by Gasteiger charge is -2.46. The van der Waals surface area contributed by atoms with Gasteiger partial charge in [0.2, 0.25) is 15.9 Å². The molecule has 7 rings (SSSR count). The molecule has 12 heteroatoms. The maximum atomic E-state index is 14.0. The third-order valence-corrected chi connectivity index (χ3v) is 12.1. The van der Waals surface area contributed by atoms with Crippen LogP contribution < -0.4 is 10.6 Å². The van der Waals surface area contributed by atoms with E-state index in [1.54, 1.807) is 0 Å². The molecule has 0 radical (unpaired) electrons. The largest absolute Gasteiger partial charge is 0.416 e. The van der Waals surface area contributed by atoms with E-state index in [0.717, 1.165) is 37.1 Å². The Balaban J connectivity index is 1.24. The van der Waals surface area contributed by atoms with Gasteiger partial charge in [0.05, 0.1) is 16.5 Å². The molecule has 0 saturated heterocycles. The maximum absolute atomic E-state index is 14.0. The summed E-state index contributed by atoms with van der Waals surface area (Å²) in [5, 5.41) is 6.48. The van der Waals surface area contributed by atoms with Crippen LogP contribution in [0.5, 0.6) is 0 Å². The summed E-state index contributed by atoms with van der Waals surface area (Å²) in [4.78, 5) is 18.0. The van der Waals surface area contributed by atoms with Gasteiger partial charge in [-0.15, -0.1) is 0 Å². The molecule has 0 spiro atoms. The molecular formula is C31H36F4N4O3S. The summed E-state index contributed by atoms with van der Waals surface area (Å²) in [5.74, 6) is 0.584. The van der Waals surface area contributed by atoms with Gasteiger partial charge in [0.25, 0.3) is 0 Å². The van der Waals surface area contributed by atoms with E-state index in [1.165, 1.54) is 35.0 Å². The highest BCUT2D eigenvalue weighted by molar-refractivity contribution is 7.89. The minimum Gasteiger partial charge on any atom is -0.358 e. The van der Waals surface area contributed by atoms with E-state index in [9.17, 15) is 30.8 Å². The van der Waals surface area contributed by atoms with E-state index >= 15 is 0 Å². The van der Waals surface area contributed by atoms with Gasteiger partial charge in [0.1, 0.15) is 17.2 Å². The van der Waals surface area contributed by atoms with Crippen LogP contribution in [0, 0.1) is 23.6 Å². The molecule has 2 bridgehead atoms. The first-order valence-electron chi connectivity index (χ1n) is 14.8. The van der Waals surface area contributed by atoms with Gasteiger partial charge >= 0.3 is 6.18 Å². The zero-order chi connectivity index (χ0) is 30.8. The topological polar surface area (TPSA) is 90.9 Å². The number of nitrogens with zero attached hydrogens (tertiary/aromatic N) is 2. The Kier molecular flexibility index (Phi) is 7.39. The van der Waals surface area contributed by atoms with Crippen LogP contribution in [0.3, 0.4) is 0 Å². The summed E-state index contributed by atoms with van der Waals surface area (Å²) >= 11 is 0. The fourth-order valence-corrected chi connectivity index (χ4v) is 8.86. The second-order valence-corrected chi connectivity index (χ2v) is 14.8. The standard InChI is InChI=1S/C31H36F4N4O3S/c1-19-29(2,28(40)36-17-20-4-3-5-20)38-27(37-19)26-16-30(14-22(26)15-30)39(43(41,42)25-12-10-24(32)11-13-25)18-21-6-8-23(9-7-21)31(33,34)35/h6-13,19-20,22,26H,3-5,14-18H2,1-2H3,(H,36,40)(H,37,38)/t19?,22?,26-,29+,30?/m0/s1. The van der Waals surface area contributed by atoms with Crippen molar-refractivity contribution in [2.75, 3.05) is 6.54 Å². The number of alkyl halides is 3. The lowest BCUT2D eigenvalue weighted by Crippen LogP contribution is -2.59. The Labute approximate surface area is 249 Å². The van der Waals surface area contributed by atoms with Crippen molar-refractivity contribution in [3.05, 3.63) is 65.5 Å². The smallest absolute Gasteiger partial charge is 0.358 e. The predicted molar refractivity (Wildman–Crippen MR) is 153 cm³/mol. The molecule has 4 saturated carbocycles. The SMILES string of the molecule is CC1N=C([C@H]2CC3(N(Cc4ccc(C(F)(F)F)cc4)S(=O)(=O)c4ccc(F)cc4)CC2C3)N[C@@]1(C)C(=O)NCC1CCC1. The minimum atomic E-state index is -4.51. The first-order valence-corrected chi connectivity index (χ1v) is 16.2. The van der Waals surface area contributed by atoms with Crippen LogP contribution in [0.25, 0.3) is 0 Å². The average molecular weight is 621 g/mol. The molecule has 4 fully saturated rings. The monoisotopic (exact) mass is 620 g/mol. The molecule has 4 aliphatic carbocycles. The van der Waals surface area contributed by atoms with Gasteiger partial charge in [-0.3, -0.25) is 9.79 Å². The van der Waals surface area contributed by atoms with Crippen molar-refractivity contribution in [1.29, 1.82) is 0 Å². The Bertz CT molecular complexity index is 1520. The van der Waals surface area contributed by atoms with Crippen molar-refractivity contribution < 1.29 is 30.8 Å². The van der Waals surface area contributed by atoms with Crippen molar-refractivity contribution >= 4 is 21.8 Å². The molecule has 2 aromatic rings. The number of carbonyl (C=O) groups excluding carboxylic acids is 1. The third-order valence-electron chi connectivity index (χ3n) is 10.1. The minimum absolute atomic E-state index is 0.0808. The number of nitrogens with one attached hydrogen (secondary N) is 2. The second kappa shape index (κ2) is 10.6. The normalized spacial score (nSPS) is 30.4. The number of fused-ring (bicyclic) bond motifs is 1. The van der Waals surface area contributed by atoms with Crippen LogP contribution in [0.2, 0.25) is 0 Å². The molecule has 43 heavy (non-hydrogen) atoms. The number of hydrogen-bond acceptors (Lipinski definition) is 5. The Morgan fingerprint density at radius 1 is 1.07 bits per heavy atom. The number of halogens is 4. The fraction of sp³-hybridized carbons (Fsp3) is 0.548. The summed E-state index contributed by atoms with van der Waals surface area (Å²) in [6.45, 7) is 4.26.